The molecule has 0 radical (unpaired) electrons. The summed E-state index contributed by atoms with van der Waals surface area (Å²) in [7, 11) is 0. The van der Waals surface area contributed by atoms with Gasteiger partial charge in [0.25, 0.3) is 5.91 Å². The Balaban J connectivity index is 2.19. The number of carbonyl (C=O) groups excluding carboxylic acids is 1. The molecule has 0 bridgehead atoms. The number of benzene rings is 1. The van der Waals surface area contributed by atoms with Gasteiger partial charge in [0.1, 0.15) is 0 Å². The van der Waals surface area contributed by atoms with Crippen molar-refractivity contribution in [2.75, 3.05) is 19.7 Å². The van der Waals surface area contributed by atoms with Gasteiger partial charge in [-0.2, -0.15) is 0 Å². The second kappa shape index (κ2) is 7.82. The van der Waals surface area contributed by atoms with Gasteiger partial charge in [0, 0.05) is 23.7 Å². The van der Waals surface area contributed by atoms with Gasteiger partial charge >= 0.3 is 0 Å². The largest absolute Gasteiger partial charge is 0.395 e. The normalized spacial score (nSPS) is 14.6. The number of nitrogens with zero attached hydrogens (tertiary/aromatic N) is 1. The second-order valence-electron chi connectivity index (χ2n) is 5.25. The van der Waals surface area contributed by atoms with Crippen LogP contribution in [0.15, 0.2) is 24.3 Å². The number of aliphatic hydroxyl groups is 1. The average Bonchev–Trinajstić information content (AvgIpc) is 3.04. The molecule has 1 aliphatic rings. The molecule has 1 aromatic carbocycles. The molecule has 4 nitrogen and oxygen atoms in total. The van der Waals surface area contributed by atoms with Crippen molar-refractivity contribution in [3.63, 3.8) is 0 Å². The molecular formula is C17H22N2O2. The molecule has 0 saturated heterocycles. The zero-order valence-electron chi connectivity index (χ0n) is 12.2. The first-order chi connectivity index (χ1) is 10.3. The van der Waals surface area contributed by atoms with E-state index >= 15 is 0 Å². The Labute approximate surface area is 125 Å². The second-order valence-corrected chi connectivity index (χ2v) is 5.25. The summed E-state index contributed by atoms with van der Waals surface area (Å²) in [5.74, 6) is 5.72. The number of hydrogen-bond donors (Lipinski definition) is 2. The lowest BCUT2D eigenvalue weighted by atomic mass is 10.1. The maximum atomic E-state index is 12.7. The first-order valence-corrected chi connectivity index (χ1v) is 7.47. The molecule has 112 valence electrons. The molecule has 1 amide bonds. The number of hydrogen-bond acceptors (Lipinski definition) is 3. The standard InChI is InChI=1S/C17H22N2O2/c18-10-4-6-14-5-3-7-15(13-14)17(21)19(11-12-20)16-8-1-2-9-16/h3,5,7,13,16,20H,1-2,8-12,18H2. The van der Waals surface area contributed by atoms with Gasteiger partial charge in [-0.3, -0.25) is 4.79 Å². The Morgan fingerprint density at radius 1 is 1.38 bits per heavy atom. The van der Waals surface area contributed by atoms with Crippen molar-refractivity contribution in [2.45, 2.75) is 31.7 Å². The fraction of sp³-hybridized carbons (Fsp3) is 0.471. The van der Waals surface area contributed by atoms with Crippen molar-refractivity contribution in [3.8, 4) is 11.8 Å². The summed E-state index contributed by atoms with van der Waals surface area (Å²) in [4.78, 5) is 14.5. The van der Waals surface area contributed by atoms with Gasteiger partial charge in [-0.15, -0.1) is 0 Å². The zero-order valence-corrected chi connectivity index (χ0v) is 12.2. The minimum absolute atomic E-state index is 0.00505. The van der Waals surface area contributed by atoms with Crippen LogP contribution in [0.1, 0.15) is 41.6 Å². The van der Waals surface area contributed by atoms with Crippen LogP contribution in [0.3, 0.4) is 0 Å². The van der Waals surface area contributed by atoms with E-state index in [0.717, 1.165) is 31.2 Å². The van der Waals surface area contributed by atoms with E-state index in [2.05, 4.69) is 11.8 Å². The number of nitrogens with two attached hydrogens (primary N) is 1. The van der Waals surface area contributed by atoms with Crippen molar-refractivity contribution in [1.29, 1.82) is 0 Å². The first kappa shape index (κ1) is 15.6. The van der Waals surface area contributed by atoms with Crippen molar-refractivity contribution in [1.82, 2.24) is 4.90 Å². The van der Waals surface area contributed by atoms with E-state index in [4.69, 9.17) is 5.73 Å². The maximum absolute atomic E-state index is 12.7. The van der Waals surface area contributed by atoms with E-state index in [-0.39, 0.29) is 18.6 Å². The van der Waals surface area contributed by atoms with Crippen LogP contribution in [0.25, 0.3) is 0 Å². The van der Waals surface area contributed by atoms with Crippen LogP contribution >= 0.6 is 0 Å². The molecular weight excluding hydrogens is 264 g/mol. The van der Waals surface area contributed by atoms with E-state index in [1.807, 2.05) is 17.0 Å². The lowest BCUT2D eigenvalue weighted by molar-refractivity contribution is 0.0638. The predicted molar refractivity (Wildman–Crippen MR) is 82.8 cm³/mol. The summed E-state index contributed by atoms with van der Waals surface area (Å²) < 4.78 is 0. The van der Waals surface area contributed by atoms with Gasteiger partial charge in [0.15, 0.2) is 0 Å². The Bertz CT molecular complexity index is 539. The van der Waals surface area contributed by atoms with Crippen LogP contribution in [-0.4, -0.2) is 41.7 Å². The third kappa shape index (κ3) is 4.07. The van der Waals surface area contributed by atoms with Gasteiger partial charge in [-0.1, -0.05) is 30.7 Å². The van der Waals surface area contributed by atoms with Crippen LogP contribution in [-0.2, 0) is 0 Å². The van der Waals surface area contributed by atoms with Crippen molar-refractivity contribution in [3.05, 3.63) is 35.4 Å². The monoisotopic (exact) mass is 286 g/mol. The molecule has 1 aliphatic carbocycles. The van der Waals surface area contributed by atoms with Gasteiger partial charge in [-0.25, -0.2) is 0 Å². The quantitative estimate of drug-likeness (QED) is 0.822. The van der Waals surface area contributed by atoms with E-state index in [1.165, 1.54) is 0 Å². The van der Waals surface area contributed by atoms with Crippen LogP contribution in [0, 0.1) is 11.8 Å². The van der Waals surface area contributed by atoms with Crippen LogP contribution in [0.2, 0.25) is 0 Å². The molecule has 0 aromatic heterocycles. The number of carbonyl (C=O) groups is 1. The topological polar surface area (TPSA) is 66.6 Å². The van der Waals surface area contributed by atoms with Crippen molar-refractivity contribution >= 4 is 5.91 Å². The summed E-state index contributed by atoms with van der Waals surface area (Å²) in [5.41, 5.74) is 6.79. The maximum Gasteiger partial charge on any atom is 0.254 e. The van der Waals surface area contributed by atoms with Crippen LogP contribution in [0.4, 0.5) is 0 Å². The lowest BCUT2D eigenvalue weighted by Crippen LogP contribution is -2.40. The molecule has 1 aromatic rings. The summed E-state index contributed by atoms with van der Waals surface area (Å²) in [6.07, 6.45) is 4.36. The summed E-state index contributed by atoms with van der Waals surface area (Å²) in [5, 5.41) is 9.23. The Morgan fingerprint density at radius 3 is 2.81 bits per heavy atom. The molecule has 4 heteroatoms. The Morgan fingerprint density at radius 2 is 2.14 bits per heavy atom. The van der Waals surface area contributed by atoms with Crippen LogP contribution in [0.5, 0.6) is 0 Å². The van der Waals surface area contributed by atoms with Crippen molar-refractivity contribution < 1.29 is 9.90 Å². The fourth-order valence-corrected chi connectivity index (χ4v) is 2.82. The molecule has 3 N–H and O–H groups in total. The summed E-state index contributed by atoms with van der Waals surface area (Å²) in [6, 6.07) is 7.55. The third-order valence-electron chi connectivity index (χ3n) is 3.81. The molecule has 0 atom stereocenters. The smallest absolute Gasteiger partial charge is 0.254 e. The van der Waals surface area contributed by atoms with Gasteiger partial charge in [-0.05, 0) is 31.0 Å². The minimum atomic E-state index is -0.0210. The van der Waals surface area contributed by atoms with Gasteiger partial charge in [0.05, 0.1) is 13.2 Å². The molecule has 0 unspecified atom stereocenters. The molecule has 2 rings (SSSR count). The summed E-state index contributed by atoms with van der Waals surface area (Å²) >= 11 is 0. The highest BCUT2D eigenvalue weighted by atomic mass is 16.3. The SMILES string of the molecule is NCC#Cc1cccc(C(=O)N(CCO)C2CCCC2)c1. The zero-order chi connectivity index (χ0) is 15.1. The Hall–Kier alpha value is -1.83. The fourth-order valence-electron chi connectivity index (χ4n) is 2.82. The average molecular weight is 286 g/mol. The lowest BCUT2D eigenvalue weighted by Gasteiger charge is -2.28. The van der Waals surface area contributed by atoms with Gasteiger partial charge < -0.3 is 15.7 Å². The number of rotatable bonds is 4. The minimum Gasteiger partial charge on any atom is -0.395 e. The number of amides is 1. The van der Waals surface area contributed by atoms with E-state index in [0.29, 0.717) is 18.7 Å². The molecule has 21 heavy (non-hydrogen) atoms. The highest BCUT2D eigenvalue weighted by Crippen LogP contribution is 2.24. The highest BCUT2D eigenvalue weighted by Gasteiger charge is 2.26. The third-order valence-corrected chi connectivity index (χ3v) is 3.81. The van der Waals surface area contributed by atoms with Crippen LogP contribution < -0.4 is 5.73 Å². The molecule has 0 spiro atoms. The molecule has 0 heterocycles. The van der Waals surface area contributed by atoms with Gasteiger partial charge in [0.2, 0.25) is 0 Å². The molecule has 0 aliphatic heterocycles. The molecule has 1 saturated carbocycles. The number of aliphatic hydroxyl groups excluding tert-OH is 1. The molecule has 1 fully saturated rings. The first-order valence-electron chi connectivity index (χ1n) is 7.47. The summed E-state index contributed by atoms with van der Waals surface area (Å²) in [6.45, 7) is 0.688. The highest BCUT2D eigenvalue weighted by molar-refractivity contribution is 5.94. The van der Waals surface area contributed by atoms with Crippen molar-refractivity contribution in [2.24, 2.45) is 5.73 Å². The van der Waals surface area contributed by atoms with E-state index in [9.17, 15) is 9.90 Å². The predicted octanol–water partition coefficient (Wildman–Crippen LogP) is 1.37. The van der Waals surface area contributed by atoms with E-state index < -0.39 is 0 Å². The Kier molecular flexibility index (Phi) is 5.79. The van der Waals surface area contributed by atoms with E-state index in [1.54, 1.807) is 12.1 Å².